The van der Waals surface area contributed by atoms with Gasteiger partial charge in [0.1, 0.15) is 5.82 Å². The number of H-pyrrole nitrogens is 1. The Kier molecular flexibility index (Phi) is 7.48. The maximum absolute atomic E-state index is 4.73. The Bertz CT molecular complexity index is 542. The fourth-order valence-corrected chi connectivity index (χ4v) is 3.04. The van der Waals surface area contributed by atoms with Gasteiger partial charge in [-0.3, -0.25) is 0 Å². The van der Waals surface area contributed by atoms with Gasteiger partial charge in [-0.1, -0.05) is 64.9 Å². The molecule has 0 saturated heterocycles. The molecule has 1 aromatic heterocycles. The number of imidazole rings is 1. The normalized spacial score (nSPS) is 11.4. The molecule has 0 amide bonds. The van der Waals surface area contributed by atoms with E-state index in [0.717, 1.165) is 17.8 Å². The van der Waals surface area contributed by atoms with Crippen LogP contribution in [0, 0.1) is 0 Å². The SMILES string of the molecule is CCCCCCCc1nc2ccc(CCCCCC)cc2[nH]1. The molecule has 2 heteroatoms. The highest BCUT2D eigenvalue weighted by molar-refractivity contribution is 5.75. The highest BCUT2D eigenvalue weighted by atomic mass is 14.9. The Morgan fingerprint density at radius 3 is 2.27 bits per heavy atom. The second-order valence-electron chi connectivity index (χ2n) is 6.51. The van der Waals surface area contributed by atoms with E-state index in [9.17, 15) is 0 Å². The molecule has 2 nitrogen and oxygen atoms in total. The molecule has 2 rings (SSSR count). The average Bonchev–Trinajstić information content (AvgIpc) is 2.93. The Hall–Kier alpha value is -1.31. The summed E-state index contributed by atoms with van der Waals surface area (Å²) in [5, 5.41) is 0. The monoisotopic (exact) mass is 300 g/mol. The van der Waals surface area contributed by atoms with Crippen LogP contribution in [0.3, 0.4) is 0 Å². The lowest BCUT2D eigenvalue weighted by Gasteiger charge is -2.01. The number of aryl methyl sites for hydroxylation is 2. The lowest BCUT2D eigenvalue weighted by molar-refractivity contribution is 0.625. The Balaban J connectivity index is 1.84. The Morgan fingerprint density at radius 1 is 0.818 bits per heavy atom. The molecule has 0 aliphatic heterocycles. The first-order chi connectivity index (χ1) is 10.8. The van der Waals surface area contributed by atoms with Crippen LogP contribution in [0.5, 0.6) is 0 Å². The fraction of sp³-hybridized carbons (Fsp3) is 0.650. The van der Waals surface area contributed by atoms with Gasteiger partial charge in [-0.05, 0) is 37.0 Å². The summed E-state index contributed by atoms with van der Waals surface area (Å²) in [7, 11) is 0. The lowest BCUT2D eigenvalue weighted by Crippen LogP contribution is -1.88. The quantitative estimate of drug-likeness (QED) is 0.492. The molecule has 1 N–H and O–H groups in total. The molecular weight excluding hydrogens is 268 g/mol. The third kappa shape index (κ3) is 5.47. The summed E-state index contributed by atoms with van der Waals surface area (Å²) in [6.45, 7) is 4.53. The van der Waals surface area contributed by atoms with Gasteiger partial charge in [0.2, 0.25) is 0 Å². The highest BCUT2D eigenvalue weighted by Gasteiger charge is 2.04. The maximum atomic E-state index is 4.73. The molecule has 0 aliphatic rings. The minimum Gasteiger partial charge on any atom is -0.342 e. The van der Waals surface area contributed by atoms with Crippen molar-refractivity contribution in [3.8, 4) is 0 Å². The molecule has 0 bridgehead atoms. The van der Waals surface area contributed by atoms with E-state index in [0.29, 0.717) is 0 Å². The first kappa shape index (κ1) is 17.1. The second-order valence-corrected chi connectivity index (χ2v) is 6.51. The van der Waals surface area contributed by atoms with Gasteiger partial charge < -0.3 is 4.98 Å². The summed E-state index contributed by atoms with van der Waals surface area (Å²) in [5.74, 6) is 1.16. The number of benzene rings is 1. The van der Waals surface area contributed by atoms with Crippen molar-refractivity contribution in [3.63, 3.8) is 0 Å². The molecule has 122 valence electrons. The number of unbranched alkanes of at least 4 members (excludes halogenated alkanes) is 7. The summed E-state index contributed by atoms with van der Waals surface area (Å²) in [5.41, 5.74) is 3.79. The zero-order chi connectivity index (χ0) is 15.6. The molecule has 1 heterocycles. The minimum absolute atomic E-state index is 1.09. The first-order valence-electron chi connectivity index (χ1n) is 9.31. The van der Waals surface area contributed by atoms with E-state index < -0.39 is 0 Å². The lowest BCUT2D eigenvalue weighted by atomic mass is 10.1. The van der Waals surface area contributed by atoms with E-state index in [-0.39, 0.29) is 0 Å². The molecule has 0 aliphatic carbocycles. The maximum Gasteiger partial charge on any atom is 0.107 e. The third-order valence-electron chi connectivity index (χ3n) is 4.43. The molecule has 0 radical (unpaired) electrons. The van der Waals surface area contributed by atoms with E-state index in [4.69, 9.17) is 4.98 Å². The van der Waals surface area contributed by atoms with Gasteiger partial charge in [0.05, 0.1) is 11.0 Å². The van der Waals surface area contributed by atoms with E-state index in [2.05, 4.69) is 37.0 Å². The van der Waals surface area contributed by atoms with Crippen LogP contribution in [-0.2, 0) is 12.8 Å². The van der Waals surface area contributed by atoms with Gasteiger partial charge >= 0.3 is 0 Å². The fourth-order valence-electron chi connectivity index (χ4n) is 3.04. The second kappa shape index (κ2) is 9.66. The number of rotatable bonds is 11. The number of hydrogen-bond acceptors (Lipinski definition) is 1. The van der Waals surface area contributed by atoms with Crippen molar-refractivity contribution in [1.82, 2.24) is 9.97 Å². The zero-order valence-electron chi connectivity index (χ0n) is 14.5. The highest BCUT2D eigenvalue weighted by Crippen LogP contribution is 2.17. The molecule has 2 aromatic rings. The molecular formula is C20H32N2. The van der Waals surface area contributed by atoms with Crippen LogP contribution in [0.4, 0.5) is 0 Å². The molecule has 22 heavy (non-hydrogen) atoms. The standard InChI is InChI=1S/C20H32N2/c1-3-5-7-9-11-13-20-21-18-15-14-17(16-19(18)22-20)12-10-8-6-4-2/h14-16H,3-13H2,1-2H3,(H,21,22). The van der Waals surface area contributed by atoms with Crippen molar-refractivity contribution < 1.29 is 0 Å². The van der Waals surface area contributed by atoms with Crippen LogP contribution < -0.4 is 0 Å². The number of aromatic amines is 1. The largest absolute Gasteiger partial charge is 0.342 e. The van der Waals surface area contributed by atoms with Crippen molar-refractivity contribution in [2.24, 2.45) is 0 Å². The first-order valence-corrected chi connectivity index (χ1v) is 9.31. The van der Waals surface area contributed by atoms with Crippen LogP contribution in [-0.4, -0.2) is 9.97 Å². The molecule has 0 unspecified atom stereocenters. The van der Waals surface area contributed by atoms with Crippen LogP contribution in [0.2, 0.25) is 0 Å². The number of aromatic nitrogens is 2. The summed E-state index contributed by atoms with van der Waals surface area (Å²) in [6.07, 6.45) is 14.2. The predicted molar refractivity (Wildman–Crippen MR) is 96.4 cm³/mol. The van der Waals surface area contributed by atoms with Crippen LogP contribution in [0.25, 0.3) is 11.0 Å². The van der Waals surface area contributed by atoms with Crippen LogP contribution in [0.15, 0.2) is 18.2 Å². The summed E-state index contributed by atoms with van der Waals surface area (Å²) in [6, 6.07) is 6.73. The van der Waals surface area contributed by atoms with Gasteiger partial charge in [0.25, 0.3) is 0 Å². The third-order valence-corrected chi connectivity index (χ3v) is 4.43. The number of nitrogens with zero attached hydrogens (tertiary/aromatic N) is 1. The van der Waals surface area contributed by atoms with Crippen molar-refractivity contribution >= 4 is 11.0 Å². The van der Waals surface area contributed by atoms with Gasteiger partial charge in [-0.2, -0.15) is 0 Å². The summed E-state index contributed by atoms with van der Waals surface area (Å²) >= 11 is 0. The minimum atomic E-state index is 1.09. The van der Waals surface area contributed by atoms with E-state index in [1.54, 1.807) is 0 Å². The Morgan fingerprint density at radius 2 is 1.50 bits per heavy atom. The smallest absolute Gasteiger partial charge is 0.107 e. The zero-order valence-corrected chi connectivity index (χ0v) is 14.5. The van der Waals surface area contributed by atoms with Crippen molar-refractivity contribution in [2.75, 3.05) is 0 Å². The average molecular weight is 300 g/mol. The number of hydrogen-bond donors (Lipinski definition) is 1. The molecule has 0 saturated carbocycles. The van der Waals surface area contributed by atoms with Gasteiger partial charge in [0.15, 0.2) is 0 Å². The molecule has 0 fully saturated rings. The van der Waals surface area contributed by atoms with Crippen LogP contribution >= 0.6 is 0 Å². The molecule has 1 aromatic carbocycles. The number of nitrogens with one attached hydrogen (secondary N) is 1. The van der Waals surface area contributed by atoms with E-state index in [1.165, 1.54) is 75.3 Å². The summed E-state index contributed by atoms with van der Waals surface area (Å²) in [4.78, 5) is 8.24. The van der Waals surface area contributed by atoms with Gasteiger partial charge in [0, 0.05) is 6.42 Å². The summed E-state index contributed by atoms with van der Waals surface area (Å²) < 4.78 is 0. The van der Waals surface area contributed by atoms with Crippen molar-refractivity contribution in [3.05, 3.63) is 29.6 Å². The van der Waals surface area contributed by atoms with Gasteiger partial charge in [-0.25, -0.2) is 4.98 Å². The molecule has 0 atom stereocenters. The Labute approximate surface area is 135 Å². The van der Waals surface area contributed by atoms with Crippen LogP contribution in [0.1, 0.15) is 83.0 Å². The topological polar surface area (TPSA) is 28.7 Å². The predicted octanol–water partition coefficient (Wildman–Crippen LogP) is 6.20. The van der Waals surface area contributed by atoms with Gasteiger partial charge in [-0.15, -0.1) is 0 Å². The van der Waals surface area contributed by atoms with E-state index >= 15 is 0 Å². The van der Waals surface area contributed by atoms with Crippen molar-refractivity contribution in [1.29, 1.82) is 0 Å². The van der Waals surface area contributed by atoms with Crippen molar-refractivity contribution in [2.45, 2.75) is 84.5 Å². The molecule has 0 spiro atoms. The van der Waals surface area contributed by atoms with E-state index in [1.807, 2.05) is 0 Å². The number of fused-ring (bicyclic) bond motifs is 1.